The fourth-order valence-electron chi connectivity index (χ4n) is 4.00. The van der Waals surface area contributed by atoms with Gasteiger partial charge in [-0.15, -0.1) is 0 Å². The summed E-state index contributed by atoms with van der Waals surface area (Å²) in [4.78, 5) is 8.35. The van der Waals surface area contributed by atoms with Gasteiger partial charge in [-0.05, 0) is 49.9 Å². The number of pyridine rings is 1. The van der Waals surface area contributed by atoms with Crippen LogP contribution in [0.25, 0.3) is 0 Å². The van der Waals surface area contributed by atoms with Crippen LogP contribution in [0.4, 0.5) is 5.69 Å². The number of furan rings is 1. The Labute approximate surface area is 196 Å². The molecule has 2 N–H and O–H groups in total. The zero-order valence-corrected chi connectivity index (χ0v) is 19.6. The van der Waals surface area contributed by atoms with Gasteiger partial charge < -0.3 is 9.73 Å². The van der Waals surface area contributed by atoms with E-state index in [0.29, 0.717) is 31.2 Å². The third-order valence-corrected chi connectivity index (χ3v) is 7.63. The largest absolute Gasteiger partial charge is 0.468 e. The lowest BCUT2D eigenvalue weighted by atomic mass is 10.2. The highest BCUT2D eigenvalue weighted by Crippen LogP contribution is 2.28. The van der Waals surface area contributed by atoms with Crippen LogP contribution in [0.3, 0.4) is 0 Å². The lowest BCUT2D eigenvalue weighted by Crippen LogP contribution is -2.39. The number of aliphatic imine (C=N–C) groups is 1. The van der Waals surface area contributed by atoms with Gasteiger partial charge in [0.1, 0.15) is 5.76 Å². The van der Waals surface area contributed by atoms with Crippen molar-refractivity contribution in [1.82, 2.24) is 14.6 Å². The summed E-state index contributed by atoms with van der Waals surface area (Å²) in [6.07, 6.45) is 13.9. The molecular formula is C23H32N6O3S. The number of hydrogen-bond acceptors (Lipinski definition) is 6. The van der Waals surface area contributed by atoms with Gasteiger partial charge in [0.2, 0.25) is 16.0 Å². The fraction of sp³-hybridized carbons (Fsp3) is 0.522. The number of sulfonamides is 1. The van der Waals surface area contributed by atoms with Gasteiger partial charge in [-0.3, -0.25) is 15.3 Å². The zero-order valence-electron chi connectivity index (χ0n) is 18.8. The van der Waals surface area contributed by atoms with Gasteiger partial charge in [0.05, 0.1) is 18.6 Å². The molecule has 0 aromatic carbocycles. The Bertz CT molecular complexity index is 997. The Morgan fingerprint density at radius 2 is 1.94 bits per heavy atom. The van der Waals surface area contributed by atoms with Crippen molar-refractivity contribution in [2.24, 2.45) is 4.99 Å². The van der Waals surface area contributed by atoms with Gasteiger partial charge in [-0.25, -0.2) is 8.42 Å². The lowest BCUT2D eigenvalue weighted by molar-refractivity contribution is 0.291. The summed E-state index contributed by atoms with van der Waals surface area (Å²) in [6.45, 7) is 0.857. The first-order valence-electron chi connectivity index (χ1n) is 11.5. The molecule has 0 radical (unpaired) electrons. The fourth-order valence-corrected chi connectivity index (χ4v) is 5.79. The summed E-state index contributed by atoms with van der Waals surface area (Å²) in [5.74, 6) is 1.22. The van der Waals surface area contributed by atoms with Crippen LogP contribution in [0.5, 0.6) is 0 Å². The van der Waals surface area contributed by atoms with Crippen molar-refractivity contribution >= 4 is 21.7 Å². The predicted octanol–water partition coefficient (Wildman–Crippen LogP) is 3.85. The van der Waals surface area contributed by atoms with E-state index in [1.165, 1.54) is 0 Å². The van der Waals surface area contributed by atoms with Crippen LogP contribution in [0.1, 0.15) is 57.1 Å². The second-order valence-corrected chi connectivity index (χ2v) is 10.2. The number of nitrogens with one attached hydrogen (secondary N) is 2. The molecule has 0 amide bonds. The second-order valence-electron chi connectivity index (χ2n) is 8.12. The average molecular weight is 473 g/mol. The van der Waals surface area contributed by atoms with E-state index in [1.54, 1.807) is 41.2 Å². The molecule has 178 valence electrons. The van der Waals surface area contributed by atoms with Crippen LogP contribution in [0.15, 0.2) is 52.3 Å². The number of nitriles is 1. The van der Waals surface area contributed by atoms with Gasteiger partial charge >= 0.3 is 0 Å². The van der Waals surface area contributed by atoms with E-state index in [1.807, 2.05) is 12.3 Å². The van der Waals surface area contributed by atoms with E-state index in [-0.39, 0.29) is 11.8 Å². The van der Waals surface area contributed by atoms with Crippen molar-refractivity contribution in [3.63, 3.8) is 0 Å². The first-order chi connectivity index (χ1) is 16.1. The summed E-state index contributed by atoms with van der Waals surface area (Å²) in [7, 11) is -3.35. The molecule has 0 aliphatic heterocycles. The third kappa shape index (κ3) is 8.18. The zero-order chi connectivity index (χ0) is 23.4. The summed E-state index contributed by atoms with van der Waals surface area (Å²) >= 11 is 0. The number of unbranched alkanes of at least 4 members (excludes halogenated alkanes) is 3. The minimum Gasteiger partial charge on any atom is -0.468 e. The van der Waals surface area contributed by atoms with E-state index >= 15 is 0 Å². The van der Waals surface area contributed by atoms with Crippen LogP contribution in [0.2, 0.25) is 0 Å². The molecular weight excluding hydrogens is 440 g/mol. The number of anilines is 1. The normalized spacial score (nSPS) is 15.0. The molecule has 10 heteroatoms. The van der Waals surface area contributed by atoms with E-state index < -0.39 is 10.0 Å². The molecule has 33 heavy (non-hydrogen) atoms. The third-order valence-electron chi connectivity index (χ3n) is 5.68. The molecule has 0 unspecified atom stereocenters. The van der Waals surface area contributed by atoms with Crippen LogP contribution >= 0.6 is 0 Å². The molecule has 2 heterocycles. The van der Waals surface area contributed by atoms with Crippen molar-refractivity contribution in [2.75, 3.05) is 17.6 Å². The van der Waals surface area contributed by atoms with Crippen molar-refractivity contribution in [2.45, 2.75) is 64.0 Å². The summed E-state index contributed by atoms with van der Waals surface area (Å²) in [6, 6.07) is 7.28. The number of nitrogens with zero attached hydrogens (tertiary/aromatic N) is 4. The Morgan fingerprint density at radius 1 is 1.18 bits per heavy atom. The van der Waals surface area contributed by atoms with Crippen molar-refractivity contribution in [1.29, 1.82) is 5.26 Å². The van der Waals surface area contributed by atoms with E-state index in [9.17, 15) is 8.42 Å². The number of rotatable bonds is 12. The molecule has 2 aromatic heterocycles. The molecule has 0 saturated heterocycles. The maximum absolute atomic E-state index is 13.1. The second kappa shape index (κ2) is 13.0. The van der Waals surface area contributed by atoms with Crippen LogP contribution in [-0.2, 0) is 16.6 Å². The molecule has 1 fully saturated rings. The Balaban J connectivity index is 1.42. The minimum atomic E-state index is -3.35. The Hall–Kier alpha value is -2.90. The maximum atomic E-state index is 13.1. The smallest absolute Gasteiger partial charge is 0.214 e. The van der Waals surface area contributed by atoms with Gasteiger partial charge in [0.15, 0.2) is 6.19 Å². The average Bonchev–Trinajstić information content (AvgIpc) is 3.52. The van der Waals surface area contributed by atoms with Crippen LogP contribution in [0, 0.1) is 11.5 Å². The molecule has 0 spiro atoms. The highest BCUT2D eigenvalue weighted by Gasteiger charge is 2.32. The van der Waals surface area contributed by atoms with Crippen molar-refractivity contribution in [3.8, 4) is 6.19 Å². The molecule has 1 saturated carbocycles. The molecule has 3 rings (SSSR count). The highest BCUT2D eigenvalue weighted by atomic mass is 32.2. The van der Waals surface area contributed by atoms with E-state index in [4.69, 9.17) is 9.68 Å². The van der Waals surface area contributed by atoms with Crippen LogP contribution in [-0.4, -0.2) is 42.0 Å². The lowest BCUT2D eigenvalue weighted by Gasteiger charge is -2.27. The van der Waals surface area contributed by atoms with Crippen molar-refractivity contribution in [3.05, 3.63) is 48.7 Å². The van der Waals surface area contributed by atoms with Gasteiger partial charge in [-0.2, -0.15) is 9.57 Å². The standard InChI is InChI=1S/C23H32N6O3S/c24-19-27-23(28-20-11-14-25-15-12-20)26-13-5-1-2-6-17-33(30,31)29(21-8-3-4-9-21)18-22-10-7-16-32-22/h7,10-12,14-16,21H,1-6,8-9,13,17-18H2,(H2,25,26,27,28). The number of hydrogen-bond donors (Lipinski definition) is 2. The quantitative estimate of drug-likeness (QED) is 0.158. The number of guanidine groups is 1. The van der Waals surface area contributed by atoms with Gasteiger partial charge in [0, 0.05) is 30.7 Å². The summed E-state index contributed by atoms with van der Waals surface area (Å²) in [5, 5.41) is 14.5. The van der Waals surface area contributed by atoms with E-state index in [2.05, 4.69) is 20.6 Å². The van der Waals surface area contributed by atoms with Gasteiger partial charge in [-0.1, -0.05) is 25.7 Å². The maximum Gasteiger partial charge on any atom is 0.214 e. The highest BCUT2D eigenvalue weighted by molar-refractivity contribution is 7.89. The Morgan fingerprint density at radius 3 is 2.64 bits per heavy atom. The predicted molar refractivity (Wildman–Crippen MR) is 128 cm³/mol. The van der Waals surface area contributed by atoms with Crippen LogP contribution < -0.4 is 10.6 Å². The number of aromatic nitrogens is 1. The summed E-state index contributed by atoms with van der Waals surface area (Å²) in [5.41, 5.74) is 0.790. The molecule has 0 atom stereocenters. The molecule has 2 aromatic rings. The van der Waals surface area contributed by atoms with E-state index in [0.717, 1.165) is 50.6 Å². The molecule has 9 nitrogen and oxygen atoms in total. The van der Waals surface area contributed by atoms with Crippen molar-refractivity contribution < 1.29 is 12.8 Å². The monoisotopic (exact) mass is 472 g/mol. The first kappa shape index (κ1) is 24.7. The van der Waals surface area contributed by atoms with Gasteiger partial charge in [0.25, 0.3) is 0 Å². The molecule has 0 bridgehead atoms. The molecule has 1 aliphatic carbocycles. The first-order valence-corrected chi connectivity index (χ1v) is 13.1. The topological polar surface area (TPSA) is 124 Å². The summed E-state index contributed by atoms with van der Waals surface area (Å²) < 4.78 is 33.2. The SMILES string of the molecule is N#CNC(=NCCCCCCS(=O)(=O)N(Cc1ccco1)C1CCCC1)Nc1ccncc1. The minimum absolute atomic E-state index is 0.0772. The molecule has 1 aliphatic rings. The Kier molecular flexibility index (Phi) is 9.72.